The molecule has 0 aliphatic carbocycles. The zero-order valence-electron chi connectivity index (χ0n) is 21.2. The van der Waals surface area contributed by atoms with E-state index in [4.69, 9.17) is 15.3 Å². The number of hydrogen-bond acceptors (Lipinski definition) is 8. The number of nitrogen functional groups attached to an aromatic ring is 1. The Kier molecular flexibility index (Phi) is 6.98. The number of ether oxygens (including phenoxy) is 1. The minimum atomic E-state index is -2.91. The minimum Gasteiger partial charge on any atom is -0.481 e. The number of aromatic nitrogens is 3. The van der Waals surface area contributed by atoms with Gasteiger partial charge < -0.3 is 25.5 Å². The number of aryl methyl sites for hydroxylation is 1. The van der Waals surface area contributed by atoms with Gasteiger partial charge in [-0.2, -0.15) is 0 Å². The van der Waals surface area contributed by atoms with E-state index in [0.29, 0.717) is 46.1 Å². The first-order valence-electron chi connectivity index (χ1n) is 12.2. The molecule has 2 aliphatic rings. The highest BCUT2D eigenvalue weighted by atomic mass is 19.3. The van der Waals surface area contributed by atoms with Gasteiger partial charge in [-0.3, -0.25) is 4.79 Å². The van der Waals surface area contributed by atoms with E-state index >= 15 is 0 Å². The fraction of sp³-hybridized carbons (Fsp3) is 0.346. The van der Waals surface area contributed by atoms with Crippen LogP contribution in [0.3, 0.4) is 0 Å². The largest absolute Gasteiger partial charge is 0.481 e. The molecular weight excluding hydrogens is 515 g/mol. The molecule has 0 saturated carbocycles. The second-order valence-corrected chi connectivity index (χ2v) is 9.32. The van der Waals surface area contributed by atoms with E-state index in [-0.39, 0.29) is 24.7 Å². The van der Waals surface area contributed by atoms with Crippen molar-refractivity contribution in [1.82, 2.24) is 25.2 Å². The SMILES string of the molecule is COc1cccc(-c2cc(F)ccc2[C@H]2Cc3nc(N)nc(C)c3/C(=N/OCC(=O)N3CCC(F)(F)C3)N2)n1. The Balaban J connectivity index is 1.47. The highest BCUT2D eigenvalue weighted by Gasteiger charge is 2.40. The predicted octanol–water partition coefficient (Wildman–Crippen LogP) is 3.01. The van der Waals surface area contributed by atoms with Crippen molar-refractivity contribution in [3.05, 3.63) is 64.7 Å². The molecule has 0 bridgehead atoms. The monoisotopic (exact) mass is 541 g/mol. The van der Waals surface area contributed by atoms with Crippen LogP contribution in [0.15, 0.2) is 41.6 Å². The molecular formula is C26H26F3N7O3. The van der Waals surface area contributed by atoms with Gasteiger partial charge in [-0.1, -0.05) is 17.3 Å². The summed E-state index contributed by atoms with van der Waals surface area (Å²) < 4.78 is 46.6. The Bertz CT molecular complexity index is 1450. The summed E-state index contributed by atoms with van der Waals surface area (Å²) in [4.78, 5) is 31.8. The Morgan fingerprint density at radius 2 is 2.08 bits per heavy atom. The van der Waals surface area contributed by atoms with Crippen molar-refractivity contribution in [2.45, 2.75) is 31.7 Å². The molecule has 204 valence electrons. The van der Waals surface area contributed by atoms with Gasteiger partial charge in [-0.05, 0) is 30.7 Å². The van der Waals surface area contributed by atoms with Crippen molar-refractivity contribution < 1.29 is 27.5 Å². The van der Waals surface area contributed by atoms with Crippen molar-refractivity contribution in [2.75, 3.05) is 32.5 Å². The van der Waals surface area contributed by atoms with Gasteiger partial charge >= 0.3 is 0 Å². The number of likely N-dealkylation sites (tertiary alicyclic amines) is 1. The number of oxime groups is 1. The first kappa shape index (κ1) is 26.2. The molecule has 3 aromatic rings. The lowest BCUT2D eigenvalue weighted by Crippen LogP contribution is -2.38. The zero-order valence-corrected chi connectivity index (χ0v) is 21.2. The topological polar surface area (TPSA) is 128 Å². The van der Waals surface area contributed by atoms with E-state index in [2.05, 4.69) is 25.4 Å². The number of pyridine rings is 1. The zero-order chi connectivity index (χ0) is 27.7. The molecule has 4 heterocycles. The van der Waals surface area contributed by atoms with Crippen molar-refractivity contribution in [3.8, 4) is 17.1 Å². The minimum absolute atomic E-state index is 0.0488. The average molecular weight is 542 g/mol. The molecule has 0 spiro atoms. The number of anilines is 1. The maximum atomic E-state index is 14.4. The Morgan fingerprint density at radius 1 is 1.26 bits per heavy atom. The van der Waals surface area contributed by atoms with Crippen LogP contribution in [0.2, 0.25) is 0 Å². The van der Waals surface area contributed by atoms with Crippen LogP contribution in [0.4, 0.5) is 19.1 Å². The predicted molar refractivity (Wildman–Crippen MR) is 136 cm³/mol. The summed E-state index contributed by atoms with van der Waals surface area (Å²) in [5.41, 5.74) is 9.29. The molecule has 10 nitrogen and oxygen atoms in total. The highest BCUT2D eigenvalue weighted by Crippen LogP contribution is 2.34. The van der Waals surface area contributed by atoms with Crippen molar-refractivity contribution in [2.24, 2.45) is 5.16 Å². The molecule has 1 aromatic carbocycles. The van der Waals surface area contributed by atoms with Crippen LogP contribution in [0.1, 0.15) is 35.0 Å². The molecule has 1 fully saturated rings. The van der Waals surface area contributed by atoms with E-state index in [9.17, 15) is 18.0 Å². The van der Waals surface area contributed by atoms with E-state index in [1.54, 1.807) is 31.2 Å². The van der Waals surface area contributed by atoms with Crippen LogP contribution in [-0.4, -0.2) is 64.3 Å². The van der Waals surface area contributed by atoms with Gasteiger partial charge in [0.1, 0.15) is 5.82 Å². The van der Waals surface area contributed by atoms with E-state index < -0.39 is 36.8 Å². The van der Waals surface area contributed by atoms with E-state index in [1.165, 1.54) is 19.2 Å². The number of rotatable bonds is 6. The van der Waals surface area contributed by atoms with Gasteiger partial charge in [0.2, 0.25) is 11.8 Å². The number of nitrogens with one attached hydrogen (secondary N) is 1. The molecule has 5 rings (SSSR count). The number of nitrogens with two attached hydrogens (primary N) is 1. The van der Waals surface area contributed by atoms with Crippen molar-refractivity contribution >= 4 is 17.7 Å². The third-order valence-corrected chi connectivity index (χ3v) is 6.59. The fourth-order valence-electron chi connectivity index (χ4n) is 4.78. The summed E-state index contributed by atoms with van der Waals surface area (Å²) in [6.07, 6.45) is -0.0315. The van der Waals surface area contributed by atoms with Gasteiger partial charge in [0.05, 0.1) is 42.3 Å². The average Bonchev–Trinajstić information content (AvgIpc) is 3.27. The molecule has 2 aromatic heterocycles. The summed E-state index contributed by atoms with van der Waals surface area (Å²) in [7, 11) is 1.49. The number of alkyl halides is 2. The number of hydrogen-bond donors (Lipinski definition) is 2. The standard InChI is InChI=1S/C26H26F3N7O3/c1-14-23-20(34-25(30)31-14)11-19(33-24(23)35-39-12-22(37)36-9-8-26(28,29)13-36)16-7-6-15(27)10-17(16)18-4-3-5-21(32-18)38-2/h3-7,10,19H,8-9,11-13H2,1-2H3,(H,33,35)(H2,30,31,34)/t19-/m1/s1. The van der Waals surface area contributed by atoms with E-state index in [1.807, 2.05) is 0 Å². The van der Waals surface area contributed by atoms with Gasteiger partial charge in [0.15, 0.2) is 12.4 Å². The molecule has 39 heavy (non-hydrogen) atoms. The third-order valence-electron chi connectivity index (χ3n) is 6.59. The number of amides is 1. The highest BCUT2D eigenvalue weighted by molar-refractivity contribution is 6.01. The first-order valence-corrected chi connectivity index (χ1v) is 12.2. The van der Waals surface area contributed by atoms with Gasteiger partial charge in [-0.25, -0.2) is 28.1 Å². The number of amidine groups is 1. The Morgan fingerprint density at radius 3 is 2.82 bits per heavy atom. The van der Waals surface area contributed by atoms with E-state index in [0.717, 1.165) is 4.90 Å². The van der Waals surface area contributed by atoms with Crippen LogP contribution in [-0.2, 0) is 16.1 Å². The second kappa shape index (κ2) is 10.4. The van der Waals surface area contributed by atoms with Gasteiger partial charge in [-0.15, -0.1) is 0 Å². The molecule has 13 heteroatoms. The molecule has 1 saturated heterocycles. The molecule has 1 amide bonds. The number of carbonyl (C=O) groups excluding carboxylic acids is 1. The Hall–Kier alpha value is -4.42. The van der Waals surface area contributed by atoms with Gasteiger partial charge in [0.25, 0.3) is 11.8 Å². The second-order valence-electron chi connectivity index (χ2n) is 9.32. The van der Waals surface area contributed by atoms with Crippen LogP contribution in [0, 0.1) is 12.7 Å². The van der Waals surface area contributed by atoms with Crippen molar-refractivity contribution in [3.63, 3.8) is 0 Å². The quantitative estimate of drug-likeness (QED) is 0.456. The molecule has 0 radical (unpaired) electrons. The Labute approximate surface area is 222 Å². The number of carbonyl (C=O) groups is 1. The number of fused-ring (bicyclic) bond motifs is 1. The van der Waals surface area contributed by atoms with Crippen LogP contribution >= 0.6 is 0 Å². The number of nitrogens with zero attached hydrogens (tertiary/aromatic N) is 5. The van der Waals surface area contributed by atoms with Crippen LogP contribution in [0.25, 0.3) is 11.3 Å². The maximum Gasteiger partial charge on any atom is 0.267 e. The number of halogens is 3. The normalized spacial score (nSPS) is 18.9. The first-order chi connectivity index (χ1) is 18.6. The fourth-order valence-corrected chi connectivity index (χ4v) is 4.78. The summed E-state index contributed by atoms with van der Waals surface area (Å²) in [5.74, 6) is -3.27. The smallest absolute Gasteiger partial charge is 0.267 e. The number of benzene rings is 1. The van der Waals surface area contributed by atoms with Crippen molar-refractivity contribution in [1.29, 1.82) is 0 Å². The molecule has 3 N–H and O–H groups in total. The van der Waals surface area contributed by atoms with Crippen LogP contribution in [0.5, 0.6) is 5.88 Å². The maximum absolute atomic E-state index is 14.4. The lowest BCUT2D eigenvalue weighted by atomic mass is 9.90. The summed E-state index contributed by atoms with van der Waals surface area (Å²) >= 11 is 0. The molecule has 1 atom stereocenters. The third kappa shape index (κ3) is 5.56. The lowest BCUT2D eigenvalue weighted by molar-refractivity contribution is -0.136. The molecule has 2 aliphatic heterocycles. The number of methoxy groups -OCH3 is 1. The summed E-state index contributed by atoms with van der Waals surface area (Å²) in [6, 6.07) is 9.08. The van der Waals surface area contributed by atoms with Crippen LogP contribution < -0.4 is 15.8 Å². The van der Waals surface area contributed by atoms with Gasteiger partial charge in [0, 0.05) is 31.0 Å². The lowest BCUT2D eigenvalue weighted by Gasteiger charge is -2.29. The molecule has 0 unspecified atom stereocenters. The summed E-state index contributed by atoms with van der Waals surface area (Å²) in [5, 5.41) is 7.40. The summed E-state index contributed by atoms with van der Waals surface area (Å²) in [6.45, 7) is 0.515.